The second-order valence-electron chi connectivity index (χ2n) is 7.60. The second-order valence-corrected chi connectivity index (χ2v) is 8.01. The molecule has 6 heteroatoms. The number of benzene rings is 2. The number of aromatic nitrogens is 2. The maximum absolute atomic E-state index is 5.45. The van der Waals surface area contributed by atoms with Gasteiger partial charge in [-0.3, -0.25) is 0 Å². The minimum absolute atomic E-state index is 0.546. The minimum Gasteiger partial charge on any atom is -0.362 e. The summed E-state index contributed by atoms with van der Waals surface area (Å²) in [5.41, 5.74) is 5.06. The van der Waals surface area contributed by atoms with Crippen LogP contribution in [0.3, 0.4) is 0 Å². The van der Waals surface area contributed by atoms with E-state index in [-0.39, 0.29) is 0 Å². The maximum atomic E-state index is 5.45. The third-order valence-corrected chi connectivity index (χ3v) is 5.54. The van der Waals surface area contributed by atoms with Crippen molar-refractivity contribution < 1.29 is 0 Å². The predicted octanol–water partition coefficient (Wildman–Crippen LogP) is 4.27. The Balaban J connectivity index is 1.32. The average Bonchev–Trinajstić information content (AvgIpc) is 2.77. The van der Waals surface area contributed by atoms with Crippen LogP contribution < -0.4 is 15.5 Å². The molecule has 0 radical (unpaired) electrons. The van der Waals surface area contributed by atoms with Gasteiger partial charge in [0.15, 0.2) is 5.11 Å². The van der Waals surface area contributed by atoms with E-state index in [1.807, 2.05) is 19.1 Å². The van der Waals surface area contributed by atoms with Gasteiger partial charge in [0.2, 0.25) is 5.95 Å². The van der Waals surface area contributed by atoms with Gasteiger partial charge in [-0.1, -0.05) is 54.6 Å². The Bertz CT molecular complexity index is 1010. The molecule has 0 amide bonds. The van der Waals surface area contributed by atoms with E-state index in [2.05, 4.69) is 69.0 Å². The summed E-state index contributed by atoms with van der Waals surface area (Å²) in [6.07, 6.45) is 3.07. The Morgan fingerprint density at radius 1 is 1.03 bits per heavy atom. The third-order valence-electron chi connectivity index (χ3n) is 5.29. The summed E-state index contributed by atoms with van der Waals surface area (Å²) in [5.74, 6) is 1.48. The first-order chi connectivity index (χ1) is 14.7. The van der Waals surface area contributed by atoms with Gasteiger partial charge in [-0.15, -0.1) is 0 Å². The van der Waals surface area contributed by atoms with E-state index in [1.54, 1.807) is 0 Å². The molecule has 0 spiro atoms. The lowest BCUT2D eigenvalue weighted by Crippen LogP contribution is -2.32. The lowest BCUT2D eigenvalue weighted by Gasteiger charge is -2.30. The SMILES string of the molecule is Cc1cc(N2CCc3ccccc3C2)nc(NC(=S)NCCCc2ccccc2)n1. The van der Waals surface area contributed by atoms with Crippen LogP contribution in [-0.2, 0) is 19.4 Å². The summed E-state index contributed by atoms with van der Waals surface area (Å²) in [6, 6.07) is 21.1. The Morgan fingerprint density at radius 2 is 1.80 bits per heavy atom. The van der Waals surface area contributed by atoms with Gasteiger partial charge in [0.1, 0.15) is 5.82 Å². The summed E-state index contributed by atoms with van der Waals surface area (Å²) in [7, 11) is 0. The topological polar surface area (TPSA) is 53.1 Å². The molecule has 2 heterocycles. The number of rotatable bonds is 6. The zero-order chi connectivity index (χ0) is 20.8. The predicted molar refractivity (Wildman–Crippen MR) is 127 cm³/mol. The molecule has 30 heavy (non-hydrogen) atoms. The Hall–Kier alpha value is -2.99. The molecule has 0 fully saturated rings. The van der Waals surface area contributed by atoms with Crippen LogP contribution in [0.25, 0.3) is 0 Å². The fourth-order valence-corrected chi connectivity index (χ4v) is 3.94. The minimum atomic E-state index is 0.546. The molecule has 0 atom stereocenters. The summed E-state index contributed by atoms with van der Waals surface area (Å²) in [6.45, 7) is 4.62. The number of hydrogen-bond acceptors (Lipinski definition) is 4. The number of hydrogen-bond donors (Lipinski definition) is 2. The van der Waals surface area contributed by atoms with Crippen LogP contribution in [0.5, 0.6) is 0 Å². The quantitative estimate of drug-likeness (QED) is 0.462. The van der Waals surface area contributed by atoms with Crippen LogP contribution >= 0.6 is 12.2 Å². The highest BCUT2D eigenvalue weighted by molar-refractivity contribution is 7.80. The first kappa shape index (κ1) is 20.3. The van der Waals surface area contributed by atoms with Gasteiger partial charge in [0.25, 0.3) is 0 Å². The van der Waals surface area contributed by atoms with Crippen molar-refractivity contribution in [1.82, 2.24) is 15.3 Å². The van der Waals surface area contributed by atoms with E-state index in [0.717, 1.165) is 50.4 Å². The fraction of sp³-hybridized carbons (Fsp3) is 0.292. The number of thiocarbonyl (C=S) groups is 1. The van der Waals surface area contributed by atoms with Crippen molar-refractivity contribution in [3.8, 4) is 0 Å². The van der Waals surface area contributed by atoms with Crippen molar-refractivity contribution in [2.24, 2.45) is 0 Å². The van der Waals surface area contributed by atoms with E-state index < -0.39 is 0 Å². The van der Waals surface area contributed by atoms with Crippen LogP contribution in [0.4, 0.5) is 11.8 Å². The standard InChI is InChI=1S/C24H27N5S/c1-18-16-22(29-15-13-20-11-5-6-12-21(20)17-29)27-23(26-18)28-24(30)25-14-7-10-19-8-3-2-4-9-19/h2-6,8-9,11-12,16H,7,10,13-15,17H2,1H3,(H2,25,26,27,28,30). The lowest BCUT2D eigenvalue weighted by molar-refractivity contribution is 0.719. The summed E-state index contributed by atoms with van der Waals surface area (Å²) < 4.78 is 0. The van der Waals surface area contributed by atoms with Crippen molar-refractivity contribution in [3.63, 3.8) is 0 Å². The van der Waals surface area contributed by atoms with E-state index in [4.69, 9.17) is 17.2 Å². The lowest BCUT2D eigenvalue weighted by atomic mass is 10.00. The van der Waals surface area contributed by atoms with Gasteiger partial charge in [0.05, 0.1) is 0 Å². The highest BCUT2D eigenvalue weighted by Gasteiger charge is 2.18. The van der Waals surface area contributed by atoms with Gasteiger partial charge < -0.3 is 15.5 Å². The Morgan fingerprint density at radius 3 is 2.63 bits per heavy atom. The molecular formula is C24H27N5S. The smallest absolute Gasteiger partial charge is 0.231 e. The van der Waals surface area contributed by atoms with Gasteiger partial charge in [0, 0.05) is 31.4 Å². The van der Waals surface area contributed by atoms with Crippen LogP contribution in [0.15, 0.2) is 60.7 Å². The molecule has 0 saturated heterocycles. The molecule has 0 aliphatic carbocycles. The third kappa shape index (κ3) is 5.33. The Labute approximate surface area is 183 Å². The number of anilines is 2. The first-order valence-electron chi connectivity index (χ1n) is 10.4. The van der Waals surface area contributed by atoms with Crippen molar-refractivity contribution in [2.75, 3.05) is 23.3 Å². The summed E-state index contributed by atoms with van der Waals surface area (Å²) >= 11 is 5.45. The molecule has 0 bridgehead atoms. The maximum Gasteiger partial charge on any atom is 0.231 e. The van der Waals surface area contributed by atoms with E-state index in [1.165, 1.54) is 16.7 Å². The molecule has 5 nitrogen and oxygen atoms in total. The van der Waals surface area contributed by atoms with E-state index in [0.29, 0.717) is 11.1 Å². The van der Waals surface area contributed by atoms with Crippen molar-refractivity contribution in [1.29, 1.82) is 0 Å². The monoisotopic (exact) mass is 417 g/mol. The first-order valence-corrected chi connectivity index (χ1v) is 10.8. The normalized spacial score (nSPS) is 12.9. The zero-order valence-electron chi connectivity index (χ0n) is 17.3. The molecule has 3 aromatic rings. The largest absolute Gasteiger partial charge is 0.362 e. The van der Waals surface area contributed by atoms with Crippen LogP contribution in [-0.4, -0.2) is 28.2 Å². The number of nitrogens with zero attached hydrogens (tertiary/aromatic N) is 3. The molecule has 1 aliphatic rings. The molecule has 154 valence electrons. The number of nitrogens with one attached hydrogen (secondary N) is 2. The molecule has 1 aromatic heterocycles. The summed E-state index contributed by atoms with van der Waals surface area (Å²) in [5, 5.41) is 6.97. The van der Waals surface area contributed by atoms with E-state index in [9.17, 15) is 0 Å². The molecule has 2 aromatic carbocycles. The van der Waals surface area contributed by atoms with Gasteiger partial charge >= 0.3 is 0 Å². The highest BCUT2D eigenvalue weighted by Crippen LogP contribution is 2.24. The van der Waals surface area contributed by atoms with Crippen molar-refractivity contribution in [3.05, 3.63) is 83.0 Å². The second kappa shape index (κ2) is 9.67. The van der Waals surface area contributed by atoms with Crippen LogP contribution in [0.1, 0.15) is 28.8 Å². The molecule has 0 unspecified atom stereocenters. The highest BCUT2D eigenvalue weighted by atomic mass is 32.1. The Kier molecular flexibility index (Phi) is 6.54. The van der Waals surface area contributed by atoms with Crippen LogP contribution in [0, 0.1) is 6.92 Å². The average molecular weight is 418 g/mol. The van der Waals surface area contributed by atoms with Crippen LogP contribution in [0.2, 0.25) is 0 Å². The molecule has 2 N–H and O–H groups in total. The number of aryl methyl sites for hydroxylation is 2. The molecular weight excluding hydrogens is 390 g/mol. The van der Waals surface area contributed by atoms with Gasteiger partial charge in [-0.2, -0.15) is 4.98 Å². The van der Waals surface area contributed by atoms with Crippen molar-refractivity contribution in [2.45, 2.75) is 32.7 Å². The molecule has 0 saturated carbocycles. The zero-order valence-corrected chi connectivity index (χ0v) is 18.1. The fourth-order valence-electron chi connectivity index (χ4n) is 3.75. The molecule has 1 aliphatic heterocycles. The van der Waals surface area contributed by atoms with E-state index >= 15 is 0 Å². The molecule has 4 rings (SSSR count). The van der Waals surface area contributed by atoms with Gasteiger partial charge in [-0.05, 0) is 55.1 Å². The number of fused-ring (bicyclic) bond motifs is 1. The summed E-state index contributed by atoms with van der Waals surface area (Å²) in [4.78, 5) is 11.5. The van der Waals surface area contributed by atoms with Crippen molar-refractivity contribution >= 4 is 29.1 Å². The van der Waals surface area contributed by atoms with Gasteiger partial charge in [-0.25, -0.2) is 4.98 Å².